The van der Waals surface area contributed by atoms with Crippen molar-refractivity contribution in [2.75, 3.05) is 0 Å². The van der Waals surface area contributed by atoms with Crippen molar-refractivity contribution >= 4 is 28.0 Å². The molecule has 0 saturated heterocycles. The molecule has 0 aliphatic heterocycles. The van der Waals surface area contributed by atoms with E-state index in [9.17, 15) is 14.0 Å². The fourth-order valence-electron chi connectivity index (χ4n) is 3.10. The first-order valence-electron chi connectivity index (χ1n) is 8.60. The molecule has 0 aliphatic rings. The van der Waals surface area contributed by atoms with Gasteiger partial charge in [0.15, 0.2) is 5.69 Å². The van der Waals surface area contributed by atoms with Crippen LogP contribution in [-0.4, -0.2) is 15.7 Å². The molecule has 0 spiro atoms. The summed E-state index contributed by atoms with van der Waals surface area (Å²) in [6.07, 6.45) is 0. The Morgan fingerprint density at radius 3 is 2.46 bits per heavy atom. The Bertz CT molecular complexity index is 1200. The Morgan fingerprint density at radius 2 is 1.79 bits per heavy atom. The number of halogens is 1. The highest BCUT2D eigenvalue weighted by atomic mass is 32.1. The minimum atomic E-state index is -0.453. The number of hydrogen-bond donors (Lipinski definition) is 1. The molecule has 0 unspecified atom stereocenters. The number of amides is 1. The van der Waals surface area contributed by atoms with Crippen molar-refractivity contribution in [3.63, 3.8) is 0 Å². The summed E-state index contributed by atoms with van der Waals surface area (Å²) < 4.78 is 14.5. The van der Waals surface area contributed by atoms with E-state index in [0.29, 0.717) is 10.8 Å². The lowest BCUT2D eigenvalue weighted by molar-refractivity contribution is 0.0938. The van der Waals surface area contributed by atoms with E-state index in [1.54, 1.807) is 36.4 Å². The molecule has 7 heteroatoms. The van der Waals surface area contributed by atoms with Gasteiger partial charge in [-0.1, -0.05) is 36.4 Å². The summed E-state index contributed by atoms with van der Waals surface area (Å²) in [6, 6.07) is 16.3. The predicted molar refractivity (Wildman–Crippen MR) is 107 cm³/mol. The largest absolute Gasteiger partial charge is 0.339 e. The van der Waals surface area contributed by atoms with Gasteiger partial charge in [0.05, 0.1) is 11.4 Å². The fourth-order valence-corrected chi connectivity index (χ4v) is 3.90. The Balaban J connectivity index is 1.77. The van der Waals surface area contributed by atoms with Gasteiger partial charge in [-0.3, -0.25) is 9.59 Å². The van der Waals surface area contributed by atoms with Gasteiger partial charge in [0.2, 0.25) is 0 Å². The highest BCUT2D eigenvalue weighted by Gasteiger charge is 2.22. The van der Waals surface area contributed by atoms with Crippen molar-refractivity contribution in [1.29, 1.82) is 0 Å². The summed E-state index contributed by atoms with van der Waals surface area (Å²) >= 11 is 1.49. The van der Waals surface area contributed by atoms with Gasteiger partial charge in [-0.25, -0.2) is 9.07 Å². The van der Waals surface area contributed by atoms with Gasteiger partial charge >= 0.3 is 0 Å². The molecule has 140 valence electrons. The maximum Gasteiger partial charge on any atom is 0.274 e. The van der Waals surface area contributed by atoms with Crippen molar-refractivity contribution < 1.29 is 9.18 Å². The first kappa shape index (κ1) is 18.1. The molecule has 2 heterocycles. The third-order valence-electron chi connectivity index (χ3n) is 4.48. The van der Waals surface area contributed by atoms with Crippen LogP contribution in [0.3, 0.4) is 0 Å². The van der Waals surface area contributed by atoms with E-state index in [1.165, 1.54) is 30.5 Å². The van der Waals surface area contributed by atoms with Crippen LogP contribution in [0.15, 0.2) is 70.8 Å². The first-order valence-corrected chi connectivity index (χ1v) is 9.48. The Kier molecular flexibility index (Phi) is 4.75. The van der Waals surface area contributed by atoms with Gasteiger partial charge in [0, 0.05) is 17.3 Å². The summed E-state index contributed by atoms with van der Waals surface area (Å²) in [7, 11) is 1.52. The SMILES string of the molecule is Cn1nc(C(=O)N[C@H](c2ccc(F)cc2)c2cccs2)c2ccccc2c1=O. The Labute approximate surface area is 164 Å². The van der Waals surface area contributed by atoms with E-state index < -0.39 is 11.9 Å². The van der Waals surface area contributed by atoms with E-state index in [-0.39, 0.29) is 17.1 Å². The Hall–Kier alpha value is -3.32. The van der Waals surface area contributed by atoms with E-state index >= 15 is 0 Å². The van der Waals surface area contributed by atoms with Gasteiger partial charge in [-0.15, -0.1) is 11.3 Å². The maximum atomic E-state index is 13.3. The minimum absolute atomic E-state index is 0.168. The molecule has 1 atom stereocenters. The zero-order valence-corrected chi connectivity index (χ0v) is 15.7. The lowest BCUT2D eigenvalue weighted by Crippen LogP contribution is -2.32. The van der Waals surface area contributed by atoms with Crippen LogP contribution in [0.5, 0.6) is 0 Å². The first-order chi connectivity index (χ1) is 13.5. The lowest BCUT2D eigenvalue weighted by Gasteiger charge is -2.18. The zero-order chi connectivity index (χ0) is 19.7. The molecule has 28 heavy (non-hydrogen) atoms. The number of carbonyl (C=O) groups excluding carboxylic acids is 1. The normalized spacial score (nSPS) is 12.1. The average molecular weight is 393 g/mol. The van der Waals surface area contributed by atoms with Gasteiger partial charge < -0.3 is 5.32 Å². The molecule has 4 aromatic rings. The smallest absolute Gasteiger partial charge is 0.274 e. The number of fused-ring (bicyclic) bond motifs is 1. The van der Waals surface area contributed by atoms with Crippen molar-refractivity contribution in [3.8, 4) is 0 Å². The van der Waals surface area contributed by atoms with Crippen LogP contribution in [-0.2, 0) is 7.05 Å². The summed E-state index contributed by atoms with van der Waals surface area (Å²) in [5.74, 6) is -0.750. The van der Waals surface area contributed by atoms with Crippen molar-refractivity contribution in [2.24, 2.45) is 7.05 Å². The predicted octanol–water partition coefficient (Wildman–Crippen LogP) is 3.65. The number of nitrogens with zero attached hydrogens (tertiary/aromatic N) is 2. The molecule has 0 bridgehead atoms. The average Bonchev–Trinajstić information content (AvgIpc) is 3.24. The van der Waals surface area contributed by atoms with Crippen LogP contribution in [0.25, 0.3) is 10.8 Å². The number of benzene rings is 2. The molecular weight excluding hydrogens is 377 g/mol. The second-order valence-corrected chi connectivity index (χ2v) is 7.28. The number of aromatic nitrogens is 2. The van der Waals surface area contributed by atoms with Gasteiger partial charge in [0.25, 0.3) is 11.5 Å². The van der Waals surface area contributed by atoms with E-state index in [1.807, 2.05) is 17.5 Å². The van der Waals surface area contributed by atoms with Crippen molar-refractivity contribution in [2.45, 2.75) is 6.04 Å². The highest BCUT2D eigenvalue weighted by molar-refractivity contribution is 7.10. The van der Waals surface area contributed by atoms with Crippen LogP contribution in [0.4, 0.5) is 4.39 Å². The fraction of sp³-hybridized carbons (Fsp3) is 0.0952. The molecule has 1 amide bonds. The monoisotopic (exact) mass is 393 g/mol. The highest BCUT2D eigenvalue weighted by Crippen LogP contribution is 2.27. The number of nitrogens with one attached hydrogen (secondary N) is 1. The van der Waals surface area contributed by atoms with Crippen molar-refractivity contribution in [1.82, 2.24) is 15.1 Å². The number of thiophene rings is 1. The number of aryl methyl sites for hydroxylation is 1. The minimum Gasteiger partial charge on any atom is -0.339 e. The molecule has 0 aliphatic carbocycles. The van der Waals surface area contributed by atoms with Crippen LogP contribution < -0.4 is 10.9 Å². The third-order valence-corrected chi connectivity index (χ3v) is 5.42. The van der Waals surface area contributed by atoms with E-state index in [4.69, 9.17) is 0 Å². The Morgan fingerprint density at radius 1 is 1.07 bits per heavy atom. The van der Waals surface area contributed by atoms with Gasteiger partial charge in [-0.05, 0) is 35.2 Å². The van der Waals surface area contributed by atoms with Gasteiger partial charge in [0.1, 0.15) is 5.82 Å². The number of rotatable bonds is 4. The molecular formula is C21H16FN3O2S. The standard InChI is InChI=1S/C21H16FN3O2S/c1-25-21(27)16-6-3-2-5-15(16)19(24-25)20(26)23-18(17-7-4-12-28-17)13-8-10-14(22)11-9-13/h2-12,18H,1H3,(H,23,26)/t18-/m1/s1. The molecule has 0 fully saturated rings. The zero-order valence-electron chi connectivity index (χ0n) is 14.9. The molecule has 5 nitrogen and oxygen atoms in total. The lowest BCUT2D eigenvalue weighted by atomic mass is 10.0. The summed E-state index contributed by atoms with van der Waals surface area (Å²) in [4.78, 5) is 26.3. The van der Waals surface area contributed by atoms with Crippen LogP contribution >= 0.6 is 11.3 Å². The summed E-state index contributed by atoms with van der Waals surface area (Å²) in [5.41, 5.74) is 0.660. The van der Waals surface area contributed by atoms with Crippen molar-refractivity contribution in [3.05, 3.63) is 98.3 Å². The molecule has 1 N–H and O–H groups in total. The summed E-state index contributed by atoms with van der Waals surface area (Å²) in [6.45, 7) is 0. The third kappa shape index (κ3) is 3.32. The van der Waals surface area contributed by atoms with Crippen LogP contribution in [0.2, 0.25) is 0 Å². The van der Waals surface area contributed by atoms with Crippen LogP contribution in [0.1, 0.15) is 27.0 Å². The molecule has 0 radical (unpaired) electrons. The van der Waals surface area contributed by atoms with Crippen LogP contribution in [0, 0.1) is 5.82 Å². The van der Waals surface area contributed by atoms with Gasteiger partial charge in [-0.2, -0.15) is 5.10 Å². The topological polar surface area (TPSA) is 64.0 Å². The second kappa shape index (κ2) is 7.36. The molecule has 0 saturated carbocycles. The number of carbonyl (C=O) groups is 1. The molecule has 2 aromatic carbocycles. The quantitative estimate of drug-likeness (QED) is 0.576. The second-order valence-electron chi connectivity index (χ2n) is 6.30. The summed E-state index contributed by atoms with van der Waals surface area (Å²) in [5, 5.41) is 10.00. The molecule has 4 rings (SSSR count). The van der Waals surface area contributed by atoms with E-state index in [2.05, 4.69) is 10.4 Å². The number of hydrogen-bond acceptors (Lipinski definition) is 4. The van der Waals surface area contributed by atoms with E-state index in [0.717, 1.165) is 15.1 Å². The maximum absolute atomic E-state index is 13.3. The molecule has 2 aromatic heterocycles.